The number of amides is 1. The number of carbonyl (C=O) groups excluding carboxylic acids is 1. The maximum Gasteiger partial charge on any atom is 0.490 e. The lowest BCUT2D eigenvalue weighted by Crippen LogP contribution is -2.21. The fourth-order valence-corrected chi connectivity index (χ4v) is 3.34. The van der Waals surface area contributed by atoms with E-state index in [0.29, 0.717) is 17.0 Å². The molecule has 1 amide bonds. The first-order chi connectivity index (χ1) is 20.6. The summed E-state index contributed by atoms with van der Waals surface area (Å²) in [6.45, 7) is 6.45. The average molecular weight is 642 g/mol. The number of rotatable bonds is 4. The van der Waals surface area contributed by atoms with Crippen LogP contribution in [0.15, 0.2) is 66.9 Å². The van der Waals surface area contributed by atoms with Crippen molar-refractivity contribution in [2.24, 2.45) is 0 Å². The van der Waals surface area contributed by atoms with Crippen molar-refractivity contribution in [3.8, 4) is 11.3 Å². The van der Waals surface area contributed by atoms with Crippen molar-refractivity contribution >= 4 is 35.0 Å². The van der Waals surface area contributed by atoms with Gasteiger partial charge in [0.15, 0.2) is 11.5 Å². The molecule has 0 aliphatic rings. The topological polar surface area (TPSA) is 137 Å². The number of carbonyl (C=O) groups is 3. The average Bonchev–Trinajstić information content (AvgIpc) is 3.34. The number of benzene rings is 2. The number of imidazole rings is 1. The molecule has 2 heterocycles. The third-order valence-electron chi connectivity index (χ3n) is 5.74. The molecule has 0 bridgehead atoms. The van der Waals surface area contributed by atoms with Crippen LogP contribution in [0.4, 0.5) is 37.8 Å². The van der Waals surface area contributed by atoms with Gasteiger partial charge in [-0.2, -0.15) is 31.4 Å². The van der Waals surface area contributed by atoms with E-state index in [0.717, 1.165) is 16.9 Å². The third kappa shape index (κ3) is 10.8. The van der Waals surface area contributed by atoms with Crippen LogP contribution in [-0.4, -0.2) is 69.1 Å². The standard InChI is InChI=1S/C25H27N5O.2C2HF3O2/c1-25(2,3)19-10-6-18(7-11-19)24(31)27-22-16-30-23(26-22)15-14-21(28-30)17-8-12-20(13-9-17)29(4)5;2*3-2(4,5)1(6)7/h6-16H,1-5H3,(H,27,31);2*(H,6,7). The molecule has 0 fully saturated rings. The van der Waals surface area contributed by atoms with Gasteiger partial charge in [-0.05, 0) is 47.4 Å². The van der Waals surface area contributed by atoms with Gasteiger partial charge < -0.3 is 20.4 Å². The summed E-state index contributed by atoms with van der Waals surface area (Å²) in [6, 6.07) is 19.7. The summed E-state index contributed by atoms with van der Waals surface area (Å²) in [7, 11) is 4.03. The molecule has 2 aromatic carbocycles. The monoisotopic (exact) mass is 641 g/mol. The summed E-state index contributed by atoms with van der Waals surface area (Å²) in [5.74, 6) is -5.24. The van der Waals surface area contributed by atoms with Crippen LogP contribution in [0.3, 0.4) is 0 Å². The van der Waals surface area contributed by atoms with Gasteiger partial charge in [0.05, 0.1) is 11.9 Å². The number of hydrogen-bond donors (Lipinski definition) is 3. The van der Waals surface area contributed by atoms with E-state index >= 15 is 0 Å². The Morgan fingerprint density at radius 2 is 1.27 bits per heavy atom. The molecule has 0 aliphatic carbocycles. The maximum atomic E-state index is 12.6. The highest BCUT2D eigenvalue weighted by Crippen LogP contribution is 2.24. The van der Waals surface area contributed by atoms with Crippen molar-refractivity contribution in [1.82, 2.24) is 14.6 Å². The van der Waals surface area contributed by atoms with Crippen LogP contribution in [0, 0.1) is 0 Å². The van der Waals surface area contributed by atoms with Gasteiger partial charge in [-0.3, -0.25) is 4.79 Å². The first kappa shape index (κ1) is 36.0. The van der Waals surface area contributed by atoms with Gasteiger partial charge in [0.1, 0.15) is 0 Å². The number of anilines is 2. The number of nitrogens with one attached hydrogen (secondary N) is 1. The number of halogens is 6. The predicted molar refractivity (Wildman–Crippen MR) is 153 cm³/mol. The second-order valence-corrected chi connectivity index (χ2v) is 10.5. The van der Waals surface area contributed by atoms with Crippen molar-refractivity contribution in [1.29, 1.82) is 0 Å². The van der Waals surface area contributed by atoms with Crippen molar-refractivity contribution in [3.05, 3.63) is 78.0 Å². The van der Waals surface area contributed by atoms with Crippen LogP contribution in [0.1, 0.15) is 36.7 Å². The van der Waals surface area contributed by atoms with Gasteiger partial charge in [0.2, 0.25) is 0 Å². The van der Waals surface area contributed by atoms with Crippen LogP contribution in [0.2, 0.25) is 0 Å². The summed E-state index contributed by atoms with van der Waals surface area (Å²) in [5.41, 5.74) is 5.50. The Balaban J connectivity index is 0.000000421. The molecule has 0 unspecified atom stereocenters. The highest BCUT2D eigenvalue weighted by Gasteiger charge is 2.38. The summed E-state index contributed by atoms with van der Waals surface area (Å²) >= 11 is 0. The van der Waals surface area contributed by atoms with E-state index in [1.165, 1.54) is 5.56 Å². The number of aliphatic carboxylic acids is 2. The lowest BCUT2D eigenvalue weighted by atomic mass is 9.87. The lowest BCUT2D eigenvalue weighted by Gasteiger charge is -2.18. The highest BCUT2D eigenvalue weighted by molar-refractivity contribution is 6.03. The molecular weight excluding hydrogens is 612 g/mol. The Morgan fingerprint density at radius 1 is 0.778 bits per heavy atom. The molecule has 242 valence electrons. The van der Waals surface area contributed by atoms with Gasteiger partial charge in [-0.1, -0.05) is 45.0 Å². The molecule has 4 rings (SSSR count). The quantitative estimate of drug-likeness (QED) is 0.222. The molecule has 0 saturated heterocycles. The van der Waals surface area contributed by atoms with Gasteiger partial charge >= 0.3 is 24.3 Å². The van der Waals surface area contributed by atoms with E-state index in [9.17, 15) is 31.1 Å². The molecule has 3 N–H and O–H groups in total. The van der Waals surface area contributed by atoms with E-state index < -0.39 is 24.3 Å². The number of fused-ring (bicyclic) bond motifs is 1. The van der Waals surface area contributed by atoms with Gasteiger partial charge in [-0.15, -0.1) is 0 Å². The smallest absolute Gasteiger partial charge is 0.475 e. The zero-order chi connectivity index (χ0) is 34.3. The second kappa shape index (κ2) is 14.1. The first-order valence-electron chi connectivity index (χ1n) is 12.8. The lowest BCUT2D eigenvalue weighted by molar-refractivity contribution is -0.193. The molecule has 0 aliphatic heterocycles. The Hall–Kier alpha value is -5.15. The fourth-order valence-electron chi connectivity index (χ4n) is 3.34. The minimum atomic E-state index is -5.08. The molecule has 10 nitrogen and oxygen atoms in total. The van der Waals surface area contributed by atoms with E-state index in [1.807, 2.05) is 62.6 Å². The normalized spacial score (nSPS) is 11.4. The maximum absolute atomic E-state index is 12.6. The van der Waals surface area contributed by atoms with Crippen molar-refractivity contribution in [2.75, 3.05) is 24.3 Å². The van der Waals surface area contributed by atoms with Crippen molar-refractivity contribution in [3.63, 3.8) is 0 Å². The van der Waals surface area contributed by atoms with Gasteiger partial charge in [0.25, 0.3) is 5.91 Å². The summed E-state index contributed by atoms with van der Waals surface area (Å²) in [4.78, 5) is 37.0. The molecule has 0 radical (unpaired) electrons. The van der Waals surface area contributed by atoms with Crippen LogP contribution in [0.5, 0.6) is 0 Å². The molecule has 16 heteroatoms. The van der Waals surface area contributed by atoms with E-state index in [1.54, 1.807) is 10.7 Å². The fraction of sp³-hybridized carbons (Fsp3) is 0.276. The number of carboxylic acid groups (broad SMARTS) is 2. The number of carboxylic acids is 2. The molecule has 45 heavy (non-hydrogen) atoms. The van der Waals surface area contributed by atoms with Gasteiger partial charge in [0, 0.05) is 30.9 Å². The number of aromatic nitrogens is 3. The molecular formula is C29H29F6N5O5. The van der Waals surface area contributed by atoms with E-state index in [-0.39, 0.29) is 11.3 Å². The number of alkyl halides is 6. The Morgan fingerprint density at radius 3 is 1.69 bits per heavy atom. The Kier molecular flexibility index (Phi) is 11.3. The third-order valence-corrected chi connectivity index (χ3v) is 5.74. The van der Waals surface area contributed by atoms with Crippen LogP contribution in [-0.2, 0) is 15.0 Å². The molecule has 2 aromatic heterocycles. The largest absolute Gasteiger partial charge is 0.490 e. The van der Waals surface area contributed by atoms with Crippen LogP contribution >= 0.6 is 0 Å². The summed E-state index contributed by atoms with van der Waals surface area (Å²) in [6.07, 6.45) is -8.44. The number of hydrogen-bond acceptors (Lipinski definition) is 6. The minimum absolute atomic E-state index is 0.0484. The van der Waals surface area contributed by atoms with Crippen LogP contribution < -0.4 is 10.2 Å². The molecule has 0 saturated carbocycles. The molecule has 4 aromatic rings. The zero-order valence-corrected chi connectivity index (χ0v) is 24.5. The zero-order valence-electron chi connectivity index (χ0n) is 24.5. The Labute approximate surface area is 252 Å². The first-order valence-corrected chi connectivity index (χ1v) is 12.8. The van der Waals surface area contributed by atoms with Crippen molar-refractivity contribution < 1.29 is 50.9 Å². The highest BCUT2D eigenvalue weighted by atomic mass is 19.4. The predicted octanol–water partition coefficient (Wildman–Crippen LogP) is 6.28. The Bertz CT molecular complexity index is 1600. The van der Waals surface area contributed by atoms with Gasteiger partial charge in [-0.25, -0.2) is 19.1 Å². The SMILES string of the molecule is CN(C)c1ccc(-c2ccc3nc(NC(=O)c4ccc(C(C)(C)C)cc4)cn3n2)cc1.O=C(O)C(F)(F)F.O=C(O)C(F)(F)F. The minimum Gasteiger partial charge on any atom is -0.475 e. The van der Waals surface area contributed by atoms with Crippen LogP contribution in [0.25, 0.3) is 16.9 Å². The van der Waals surface area contributed by atoms with E-state index in [2.05, 4.69) is 53.2 Å². The summed E-state index contributed by atoms with van der Waals surface area (Å²) < 4.78 is 65.2. The second-order valence-electron chi connectivity index (χ2n) is 10.5. The molecule has 0 spiro atoms. The summed E-state index contributed by atoms with van der Waals surface area (Å²) in [5, 5.41) is 21.8. The molecule has 0 atom stereocenters. The van der Waals surface area contributed by atoms with Crippen molar-refractivity contribution in [2.45, 2.75) is 38.5 Å². The van der Waals surface area contributed by atoms with E-state index in [4.69, 9.17) is 19.8 Å². The number of nitrogens with zero attached hydrogens (tertiary/aromatic N) is 4.